The van der Waals surface area contributed by atoms with Crippen molar-refractivity contribution in [3.8, 4) is 0 Å². The van der Waals surface area contributed by atoms with Crippen LogP contribution in [0.2, 0.25) is 0 Å². The van der Waals surface area contributed by atoms with E-state index in [0.717, 1.165) is 51.0 Å². The first kappa shape index (κ1) is 16.9. The molecule has 0 unspecified atom stereocenters. The highest BCUT2D eigenvalue weighted by atomic mass is 16.5. The second-order valence-corrected chi connectivity index (χ2v) is 7.78. The topological polar surface area (TPSA) is 44.8 Å². The zero-order chi connectivity index (χ0) is 17.2. The molecular formula is C20H29N3O2. The van der Waals surface area contributed by atoms with Crippen molar-refractivity contribution < 1.29 is 9.53 Å². The van der Waals surface area contributed by atoms with E-state index in [0.29, 0.717) is 12.0 Å². The number of amides is 2. The smallest absolute Gasteiger partial charge is 0.321 e. The molecule has 3 fully saturated rings. The van der Waals surface area contributed by atoms with E-state index in [2.05, 4.69) is 29.3 Å². The molecule has 1 aromatic carbocycles. The Morgan fingerprint density at radius 2 is 1.84 bits per heavy atom. The van der Waals surface area contributed by atoms with E-state index in [1.54, 1.807) is 0 Å². The Bertz CT molecular complexity index is 593. The lowest BCUT2D eigenvalue weighted by molar-refractivity contribution is 0.0123. The lowest BCUT2D eigenvalue weighted by atomic mass is 9.80. The molecule has 4 rings (SSSR count). The summed E-state index contributed by atoms with van der Waals surface area (Å²) >= 11 is 0. The largest absolute Gasteiger partial charge is 0.379 e. The van der Waals surface area contributed by atoms with Crippen molar-refractivity contribution in [3.05, 3.63) is 29.8 Å². The van der Waals surface area contributed by atoms with Gasteiger partial charge in [0.1, 0.15) is 0 Å². The molecule has 1 N–H and O–H groups in total. The van der Waals surface area contributed by atoms with Crippen LogP contribution in [0.1, 0.15) is 37.7 Å². The van der Waals surface area contributed by atoms with Crippen LogP contribution in [0.4, 0.5) is 10.5 Å². The van der Waals surface area contributed by atoms with E-state index in [4.69, 9.17) is 4.74 Å². The Labute approximate surface area is 150 Å². The van der Waals surface area contributed by atoms with Crippen LogP contribution in [0.15, 0.2) is 24.3 Å². The fraction of sp³-hybridized carbons (Fsp3) is 0.650. The lowest BCUT2D eigenvalue weighted by Crippen LogP contribution is -2.47. The summed E-state index contributed by atoms with van der Waals surface area (Å²) in [5.41, 5.74) is 2.31. The van der Waals surface area contributed by atoms with Gasteiger partial charge in [-0.15, -0.1) is 0 Å². The summed E-state index contributed by atoms with van der Waals surface area (Å²) in [5.74, 6) is 1.24. The molecule has 1 aliphatic carbocycles. The number of likely N-dealkylation sites (tertiary alicyclic amines) is 1. The van der Waals surface area contributed by atoms with Crippen molar-refractivity contribution in [1.29, 1.82) is 0 Å². The van der Waals surface area contributed by atoms with E-state index in [1.807, 2.05) is 17.0 Å². The van der Waals surface area contributed by atoms with Crippen molar-refractivity contribution in [2.45, 2.75) is 38.1 Å². The molecule has 2 atom stereocenters. The molecule has 0 spiro atoms. The normalized spacial score (nSPS) is 28.0. The van der Waals surface area contributed by atoms with Crippen LogP contribution in [-0.2, 0) is 4.74 Å². The second kappa shape index (κ2) is 7.34. The first-order valence-electron chi connectivity index (χ1n) is 9.68. The summed E-state index contributed by atoms with van der Waals surface area (Å²) in [5, 5.41) is 3.07. The summed E-state index contributed by atoms with van der Waals surface area (Å²) in [7, 11) is 0. The third kappa shape index (κ3) is 3.67. The van der Waals surface area contributed by atoms with Crippen LogP contribution in [0.25, 0.3) is 0 Å². The quantitative estimate of drug-likeness (QED) is 0.917. The number of benzene rings is 1. The predicted molar refractivity (Wildman–Crippen MR) is 99.0 cm³/mol. The molecule has 2 saturated heterocycles. The molecule has 1 aromatic rings. The fourth-order valence-electron chi connectivity index (χ4n) is 4.28. The predicted octanol–water partition coefficient (Wildman–Crippen LogP) is 3.14. The van der Waals surface area contributed by atoms with Crippen molar-refractivity contribution in [3.63, 3.8) is 0 Å². The molecular weight excluding hydrogens is 314 g/mol. The lowest BCUT2D eigenvalue weighted by Gasteiger charge is -2.33. The number of carbonyl (C=O) groups is 1. The van der Waals surface area contributed by atoms with E-state index < -0.39 is 0 Å². The summed E-state index contributed by atoms with van der Waals surface area (Å²) in [4.78, 5) is 17.1. The maximum absolute atomic E-state index is 12.6. The zero-order valence-corrected chi connectivity index (χ0v) is 15.1. The van der Waals surface area contributed by atoms with Crippen LogP contribution in [0, 0.1) is 5.92 Å². The maximum Gasteiger partial charge on any atom is 0.321 e. The molecule has 2 amide bonds. The van der Waals surface area contributed by atoms with Gasteiger partial charge in [-0.05, 0) is 42.4 Å². The number of nitrogens with one attached hydrogen (secondary N) is 1. The van der Waals surface area contributed by atoms with Crippen LogP contribution in [0.5, 0.6) is 0 Å². The molecule has 3 aliphatic rings. The van der Waals surface area contributed by atoms with Crippen LogP contribution in [0.3, 0.4) is 0 Å². The molecule has 0 aromatic heterocycles. The van der Waals surface area contributed by atoms with E-state index >= 15 is 0 Å². The molecule has 0 radical (unpaired) electrons. The highest BCUT2D eigenvalue weighted by molar-refractivity contribution is 5.89. The number of anilines is 1. The fourth-order valence-corrected chi connectivity index (χ4v) is 4.28. The Morgan fingerprint density at radius 3 is 2.48 bits per heavy atom. The number of nitrogens with zero attached hydrogens (tertiary/aromatic N) is 2. The Morgan fingerprint density at radius 1 is 1.12 bits per heavy atom. The second-order valence-electron chi connectivity index (χ2n) is 7.78. The minimum atomic E-state index is 0.0269. The molecule has 136 valence electrons. The first-order valence-corrected chi connectivity index (χ1v) is 9.68. The number of morpholine rings is 1. The number of rotatable bonds is 3. The van der Waals surface area contributed by atoms with Gasteiger partial charge in [-0.3, -0.25) is 4.90 Å². The van der Waals surface area contributed by atoms with Gasteiger partial charge in [0.25, 0.3) is 0 Å². The molecule has 2 heterocycles. The summed E-state index contributed by atoms with van der Waals surface area (Å²) in [6, 6.07) is 8.91. The SMILES string of the molecule is C[C@H]1CN(C(=O)Nc2ccc(C3CCC3)cc2)C[C@@H]1N1CCOCC1. The molecule has 25 heavy (non-hydrogen) atoms. The Balaban J connectivity index is 1.33. The van der Waals surface area contributed by atoms with Gasteiger partial charge in [-0.2, -0.15) is 0 Å². The molecule has 1 saturated carbocycles. The maximum atomic E-state index is 12.6. The molecule has 2 aliphatic heterocycles. The summed E-state index contributed by atoms with van der Waals surface area (Å²) in [6.45, 7) is 7.47. The third-order valence-electron chi connectivity index (χ3n) is 6.11. The van der Waals surface area contributed by atoms with Crippen LogP contribution < -0.4 is 5.32 Å². The summed E-state index contributed by atoms with van der Waals surface area (Å²) < 4.78 is 5.45. The number of hydrogen-bond donors (Lipinski definition) is 1. The van der Waals surface area contributed by atoms with Gasteiger partial charge >= 0.3 is 6.03 Å². The minimum absolute atomic E-state index is 0.0269. The van der Waals surface area contributed by atoms with Gasteiger partial charge in [0.2, 0.25) is 0 Å². The van der Waals surface area contributed by atoms with Crippen LogP contribution >= 0.6 is 0 Å². The van der Waals surface area contributed by atoms with Crippen molar-refractivity contribution in [2.24, 2.45) is 5.92 Å². The van der Waals surface area contributed by atoms with E-state index in [1.165, 1.54) is 24.8 Å². The van der Waals surface area contributed by atoms with Crippen molar-refractivity contribution in [2.75, 3.05) is 44.7 Å². The highest BCUT2D eigenvalue weighted by Crippen LogP contribution is 2.36. The van der Waals surface area contributed by atoms with Crippen molar-refractivity contribution >= 4 is 11.7 Å². The standard InChI is InChI=1S/C20H29N3O2/c1-15-13-23(14-19(15)22-9-11-25-12-10-22)20(24)21-18-7-5-17(6-8-18)16-3-2-4-16/h5-8,15-16,19H,2-4,9-14H2,1H3,(H,21,24)/t15-,19-/m0/s1. The number of hydrogen-bond acceptors (Lipinski definition) is 3. The molecule has 5 nitrogen and oxygen atoms in total. The number of carbonyl (C=O) groups excluding carboxylic acids is 1. The average Bonchev–Trinajstić information content (AvgIpc) is 2.98. The van der Waals surface area contributed by atoms with Gasteiger partial charge in [0.05, 0.1) is 13.2 Å². The number of urea groups is 1. The van der Waals surface area contributed by atoms with Gasteiger partial charge in [-0.25, -0.2) is 4.79 Å². The van der Waals surface area contributed by atoms with Gasteiger partial charge in [-0.1, -0.05) is 25.5 Å². The van der Waals surface area contributed by atoms with Gasteiger partial charge in [0, 0.05) is 37.9 Å². The minimum Gasteiger partial charge on any atom is -0.379 e. The first-order chi connectivity index (χ1) is 12.2. The van der Waals surface area contributed by atoms with Gasteiger partial charge < -0.3 is 15.0 Å². The zero-order valence-electron chi connectivity index (χ0n) is 15.1. The molecule has 5 heteroatoms. The summed E-state index contributed by atoms with van der Waals surface area (Å²) in [6.07, 6.45) is 3.96. The van der Waals surface area contributed by atoms with E-state index in [9.17, 15) is 4.79 Å². The van der Waals surface area contributed by atoms with Crippen LogP contribution in [-0.4, -0.2) is 61.3 Å². The van der Waals surface area contributed by atoms with E-state index in [-0.39, 0.29) is 6.03 Å². The highest BCUT2D eigenvalue weighted by Gasteiger charge is 2.36. The Hall–Kier alpha value is -1.59. The third-order valence-corrected chi connectivity index (χ3v) is 6.11. The van der Waals surface area contributed by atoms with Crippen molar-refractivity contribution in [1.82, 2.24) is 9.80 Å². The van der Waals surface area contributed by atoms with Gasteiger partial charge in [0.15, 0.2) is 0 Å². The monoisotopic (exact) mass is 343 g/mol. The molecule has 0 bridgehead atoms. The Kier molecular flexibility index (Phi) is 4.95. The average molecular weight is 343 g/mol. The number of ether oxygens (including phenoxy) is 1.